The molecule has 1 fully saturated rings. The smallest absolute Gasteiger partial charge is 0.0434 e. The molecule has 3 heteroatoms. The van der Waals surface area contributed by atoms with Crippen LogP contribution in [0.5, 0.6) is 0 Å². The van der Waals surface area contributed by atoms with Crippen molar-refractivity contribution in [3.63, 3.8) is 0 Å². The maximum absolute atomic E-state index is 8.94. The minimum Gasteiger partial charge on any atom is -0.396 e. The SMILES string of the molecule is CC(C)(C)C(CS)CN1CCC(CCO)C1. The van der Waals surface area contributed by atoms with E-state index in [9.17, 15) is 0 Å². The molecule has 1 aliphatic rings. The summed E-state index contributed by atoms with van der Waals surface area (Å²) >= 11 is 4.48. The quantitative estimate of drug-likeness (QED) is 0.726. The maximum atomic E-state index is 8.94. The van der Waals surface area contributed by atoms with E-state index in [-0.39, 0.29) is 0 Å². The van der Waals surface area contributed by atoms with Crippen LogP contribution < -0.4 is 0 Å². The number of aliphatic hydroxyl groups is 1. The van der Waals surface area contributed by atoms with Crippen molar-refractivity contribution in [3.05, 3.63) is 0 Å². The van der Waals surface area contributed by atoms with Gasteiger partial charge >= 0.3 is 0 Å². The van der Waals surface area contributed by atoms with Crippen LogP contribution in [0, 0.1) is 17.3 Å². The van der Waals surface area contributed by atoms with E-state index in [2.05, 4.69) is 38.3 Å². The van der Waals surface area contributed by atoms with E-state index < -0.39 is 0 Å². The van der Waals surface area contributed by atoms with Crippen molar-refractivity contribution < 1.29 is 5.11 Å². The summed E-state index contributed by atoms with van der Waals surface area (Å²) in [6.45, 7) is 10.8. The molecule has 0 radical (unpaired) electrons. The summed E-state index contributed by atoms with van der Waals surface area (Å²) in [5.74, 6) is 2.33. The highest BCUT2D eigenvalue weighted by Gasteiger charge is 2.29. The number of nitrogens with zero attached hydrogens (tertiary/aromatic N) is 1. The van der Waals surface area contributed by atoms with Crippen LogP contribution in [0.2, 0.25) is 0 Å². The van der Waals surface area contributed by atoms with Gasteiger partial charge < -0.3 is 10.0 Å². The van der Waals surface area contributed by atoms with Crippen LogP contribution in [-0.4, -0.2) is 42.0 Å². The number of hydrogen-bond donors (Lipinski definition) is 2. The molecule has 1 saturated heterocycles. The molecular weight excluding hydrogens is 218 g/mol. The molecule has 0 saturated carbocycles. The van der Waals surface area contributed by atoms with E-state index in [0.717, 1.165) is 18.7 Å². The molecule has 0 aromatic rings. The summed E-state index contributed by atoms with van der Waals surface area (Å²) in [6.07, 6.45) is 2.22. The summed E-state index contributed by atoms with van der Waals surface area (Å²) in [5, 5.41) is 8.94. The fraction of sp³-hybridized carbons (Fsp3) is 1.00. The standard InChI is InChI=1S/C13H27NOS/c1-13(2,3)12(10-16)9-14-6-4-11(8-14)5-7-15/h11-12,15-16H,4-10H2,1-3H3. The van der Waals surface area contributed by atoms with Crippen molar-refractivity contribution in [2.24, 2.45) is 17.3 Å². The van der Waals surface area contributed by atoms with Crippen LogP contribution in [0.25, 0.3) is 0 Å². The second kappa shape index (κ2) is 6.27. The van der Waals surface area contributed by atoms with Crippen LogP contribution in [0.3, 0.4) is 0 Å². The molecule has 0 spiro atoms. The molecular formula is C13H27NOS. The highest BCUT2D eigenvalue weighted by molar-refractivity contribution is 7.80. The lowest BCUT2D eigenvalue weighted by Gasteiger charge is -2.33. The van der Waals surface area contributed by atoms with E-state index in [1.54, 1.807) is 0 Å². The molecule has 0 aromatic heterocycles. The lowest BCUT2D eigenvalue weighted by Crippen LogP contribution is -2.35. The zero-order valence-corrected chi connectivity index (χ0v) is 11.8. The fourth-order valence-electron chi connectivity index (χ4n) is 2.41. The van der Waals surface area contributed by atoms with Gasteiger partial charge in [0.25, 0.3) is 0 Å². The number of thiol groups is 1. The van der Waals surface area contributed by atoms with Gasteiger partial charge in [-0.3, -0.25) is 0 Å². The Morgan fingerprint density at radius 3 is 2.62 bits per heavy atom. The number of likely N-dealkylation sites (tertiary alicyclic amines) is 1. The number of hydrogen-bond acceptors (Lipinski definition) is 3. The summed E-state index contributed by atoms with van der Waals surface area (Å²) in [7, 11) is 0. The lowest BCUT2D eigenvalue weighted by atomic mass is 9.81. The van der Waals surface area contributed by atoms with Gasteiger partial charge in [-0.05, 0) is 42.4 Å². The third kappa shape index (κ3) is 4.27. The highest BCUT2D eigenvalue weighted by atomic mass is 32.1. The van der Waals surface area contributed by atoms with Gasteiger partial charge in [-0.25, -0.2) is 0 Å². The zero-order chi connectivity index (χ0) is 12.2. The van der Waals surface area contributed by atoms with Crippen molar-refractivity contribution in [1.82, 2.24) is 4.90 Å². The second-order valence-corrected chi connectivity index (χ2v) is 6.54. The van der Waals surface area contributed by atoms with Crippen LogP contribution in [0.15, 0.2) is 0 Å². The second-order valence-electron chi connectivity index (χ2n) is 6.17. The summed E-state index contributed by atoms with van der Waals surface area (Å²) in [5.41, 5.74) is 0.344. The fourth-order valence-corrected chi connectivity index (χ4v) is 3.08. The Balaban J connectivity index is 2.37. The van der Waals surface area contributed by atoms with Gasteiger partial charge in [0.05, 0.1) is 0 Å². The molecule has 0 amide bonds. The van der Waals surface area contributed by atoms with Crippen molar-refractivity contribution in [3.8, 4) is 0 Å². The molecule has 0 aliphatic carbocycles. The first-order valence-electron chi connectivity index (χ1n) is 6.41. The lowest BCUT2D eigenvalue weighted by molar-refractivity contribution is 0.179. The third-order valence-electron chi connectivity index (χ3n) is 3.83. The number of rotatable bonds is 5. The molecule has 1 rings (SSSR count). The number of aliphatic hydroxyl groups excluding tert-OH is 1. The topological polar surface area (TPSA) is 23.5 Å². The molecule has 0 aromatic carbocycles. The third-order valence-corrected chi connectivity index (χ3v) is 4.27. The van der Waals surface area contributed by atoms with Gasteiger partial charge in [-0.1, -0.05) is 20.8 Å². The Morgan fingerprint density at radius 1 is 1.44 bits per heavy atom. The van der Waals surface area contributed by atoms with Crippen molar-refractivity contribution in [1.29, 1.82) is 0 Å². The first-order chi connectivity index (χ1) is 7.47. The first-order valence-corrected chi connectivity index (χ1v) is 7.04. The van der Waals surface area contributed by atoms with E-state index in [0.29, 0.717) is 23.9 Å². The first kappa shape index (κ1) is 14.3. The maximum Gasteiger partial charge on any atom is 0.0434 e. The monoisotopic (exact) mass is 245 g/mol. The molecule has 2 atom stereocenters. The van der Waals surface area contributed by atoms with Gasteiger partial charge in [0.1, 0.15) is 0 Å². The van der Waals surface area contributed by atoms with E-state index in [1.165, 1.54) is 19.5 Å². The minimum absolute atomic E-state index is 0.341. The Hall–Kier alpha value is 0.270. The van der Waals surface area contributed by atoms with Gasteiger partial charge in [0.2, 0.25) is 0 Å². The van der Waals surface area contributed by atoms with E-state index in [4.69, 9.17) is 5.11 Å². The van der Waals surface area contributed by atoms with Crippen molar-refractivity contribution in [2.75, 3.05) is 32.0 Å². The molecule has 0 bridgehead atoms. The Morgan fingerprint density at radius 2 is 2.12 bits per heavy atom. The Labute approximate surface area is 106 Å². The zero-order valence-electron chi connectivity index (χ0n) is 10.9. The van der Waals surface area contributed by atoms with E-state index >= 15 is 0 Å². The predicted octanol–water partition coefficient (Wildman–Crippen LogP) is 2.28. The van der Waals surface area contributed by atoms with Crippen LogP contribution in [0.4, 0.5) is 0 Å². The molecule has 96 valence electrons. The molecule has 2 nitrogen and oxygen atoms in total. The van der Waals surface area contributed by atoms with Crippen molar-refractivity contribution >= 4 is 12.6 Å². The summed E-state index contributed by atoms with van der Waals surface area (Å²) in [4.78, 5) is 2.55. The molecule has 1 N–H and O–H groups in total. The van der Waals surface area contributed by atoms with Crippen LogP contribution in [-0.2, 0) is 0 Å². The van der Waals surface area contributed by atoms with Crippen LogP contribution >= 0.6 is 12.6 Å². The molecule has 16 heavy (non-hydrogen) atoms. The van der Waals surface area contributed by atoms with Gasteiger partial charge in [-0.15, -0.1) is 0 Å². The van der Waals surface area contributed by atoms with Crippen LogP contribution in [0.1, 0.15) is 33.6 Å². The molecule has 1 aliphatic heterocycles. The average Bonchev–Trinajstić information content (AvgIpc) is 2.61. The largest absolute Gasteiger partial charge is 0.396 e. The van der Waals surface area contributed by atoms with Crippen molar-refractivity contribution in [2.45, 2.75) is 33.6 Å². The molecule has 1 heterocycles. The predicted molar refractivity (Wildman–Crippen MR) is 73.0 cm³/mol. The normalized spacial score (nSPS) is 24.9. The van der Waals surface area contributed by atoms with Gasteiger partial charge in [0, 0.05) is 19.7 Å². The highest BCUT2D eigenvalue weighted by Crippen LogP contribution is 2.29. The Kier molecular flexibility index (Phi) is 5.62. The average molecular weight is 245 g/mol. The summed E-state index contributed by atoms with van der Waals surface area (Å²) in [6, 6.07) is 0. The molecule has 2 unspecified atom stereocenters. The summed E-state index contributed by atoms with van der Waals surface area (Å²) < 4.78 is 0. The van der Waals surface area contributed by atoms with Gasteiger partial charge in [-0.2, -0.15) is 12.6 Å². The minimum atomic E-state index is 0.341. The van der Waals surface area contributed by atoms with Gasteiger partial charge in [0.15, 0.2) is 0 Å². The Bertz CT molecular complexity index is 203. The van der Waals surface area contributed by atoms with E-state index in [1.807, 2.05) is 0 Å².